The van der Waals surface area contributed by atoms with Gasteiger partial charge in [0.05, 0.1) is 17.9 Å². The fourth-order valence-corrected chi connectivity index (χ4v) is 3.07. The number of hydrogen-bond acceptors (Lipinski definition) is 8. The lowest BCUT2D eigenvalue weighted by molar-refractivity contribution is 0.673. The molecule has 1 aliphatic rings. The van der Waals surface area contributed by atoms with E-state index in [1.165, 1.54) is 0 Å². The van der Waals surface area contributed by atoms with Crippen molar-refractivity contribution in [1.29, 1.82) is 0 Å². The Morgan fingerprint density at radius 1 is 1.04 bits per heavy atom. The van der Waals surface area contributed by atoms with Crippen molar-refractivity contribution < 1.29 is 0 Å². The fourth-order valence-electron chi connectivity index (χ4n) is 3.07. The molecule has 3 aromatic rings. The summed E-state index contributed by atoms with van der Waals surface area (Å²) in [5, 5.41) is 3.19. The molecule has 0 aliphatic carbocycles. The van der Waals surface area contributed by atoms with Gasteiger partial charge in [-0.25, -0.2) is 24.9 Å². The maximum Gasteiger partial charge on any atom is 0.225 e. The first-order valence-electron chi connectivity index (χ1n) is 8.22. The highest BCUT2D eigenvalue weighted by molar-refractivity contribution is 5.51. The standard InChI is InChI=1S/C17H18N8/c1-12-22-13(10-15(23-12)24-16-11-18-7-8-19-16)14-4-2-9-25(14)17-20-5-3-6-21-17/h3,5-8,10-11,14H,2,4,9H2,1H3,(H,19,22,23,24)/t14-/m1/s1. The number of aryl methyl sites for hydroxylation is 1. The van der Waals surface area contributed by atoms with Gasteiger partial charge >= 0.3 is 0 Å². The minimum Gasteiger partial charge on any atom is -0.332 e. The summed E-state index contributed by atoms with van der Waals surface area (Å²) in [6.07, 6.45) is 10.6. The third-order valence-electron chi connectivity index (χ3n) is 4.08. The average molecular weight is 334 g/mol. The van der Waals surface area contributed by atoms with Crippen LogP contribution in [0.3, 0.4) is 0 Å². The van der Waals surface area contributed by atoms with Gasteiger partial charge in [0.1, 0.15) is 17.5 Å². The maximum atomic E-state index is 4.65. The Kier molecular flexibility index (Phi) is 4.16. The monoisotopic (exact) mass is 334 g/mol. The average Bonchev–Trinajstić information content (AvgIpc) is 3.13. The van der Waals surface area contributed by atoms with Gasteiger partial charge < -0.3 is 10.2 Å². The van der Waals surface area contributed by atoms with E-state index < -0.39 is 0 Å². The third-order valence-corrected chi connectivity index (χ3v) is 4.08. The number of rotatable bonds is 4. The zero-order chi connectivity index (χ0) is 17.1. The Balaban J connectivity index is 1.63. The van der Waals surface area contributed by atoms with E-state index in [-0.39, 0.29) is 6.04 Å². The van der Waals surface area contributed by atoms with Crippen LogP contribution in [0, 0.1) is 6.92 Å². The minimum atomic E-state index is 0.145. The molecule has 3 aromatic heterocycles. The van der Waals surface area contributed by atoms with E-state index in [0.29, 0.717) is 17.5 Å². The summed E-state index contributed by atoms with van der Waals surface area (Å²) >= 11 is 0. The lowest BCUT2D eigenvalue weighted by Gasteiger charge is -2.24. The fraction of sp³-hybridized carbons (Fsp3) is 0.294. The molecule has 0 aromatic carbocycles. The predicted octanol–water partition coefficient (Wildman–Crippen LogP) is 2.45. The molecule has 0 unspecified atom stereocenters. The van der Waals surface area contributed by atoms with Gasteiger partial charge in [-0.05, 0) is 25.8 Å². The van der Waals surface area contributed by atoms with E-state index in [9.17, 15) is 0 Å². The van der Waals surface area contributed by atoms with Crippen molar-refractivity contribution in [2.75, 3.05) is 16.8 Å². The van der Waals surface area contributed by atoms with Gasteiger partial charge in [-0.3, -0.25) is 4.98 Å². The zero-order valence-electron chi connectivity index (χ0n) is 13.9. The highest BCUT2D eigenvalue weighted by Crippen LogP contribution is 2.34. The van der Waals surface area contributed by atoms with Crippen LogP contribution in [0.25, 0.3) is 0 Å². The molecule has 0 saturated carbocycles. The molecule has 1 fully saturated rings. The van der Waals surface area contributed by atoms with E-state index in [1.807, 2.05) is 19.1 Å². The largest absolute Gasteiger partial charge is 0.332 e. The lowest BCUT2D eigenvalue weighted by Crippen LogP contribution is -2.25. The smallest absolute Gasteiger partial charge is 0.225 e. The molecule has 0 bridgehead atoms. The van der Waals surface area contributed by atoms with Crippen molar-refractivity contribution >= 4 is 17.6 Å². The van der Waals surface area contributed by atoms with Crippen LogP contribution in [-0.2, 0) is 0 Å². The number of hydrogen-bond donors (Lipinski definition) is 1. The van der Waals surface area contributed by atoms with Crippen LogP contribution in [0.5, 0.6) is 0 Å². The molecule has 4 rings (SSSR count). The topological polar surface area (TPSA) is 92.6 Å². The molecule has 126 valence electrons. The Labute approximate surface area is 145 Å². The van der Waals surface area contributed by atoms with Crippen LogP contribution in [0.15, 0.2) is 43.1 Å². The van der Waals surface area contributed by atoms with Gasteiger partial charge in [0.25, 0.3) is 0 Å². The van der Waals surface area contributed by atoms with Crippen LogP contribution in [0.2, 0.25) is 0 Å². The van der Waals surface area contributed by atoms with E-state index in [1.54, 1.807) is 31.0 Å². The minimum absolute atomic E-state index is 0.145. The van der Waals surface area contributed by atoms with Gasteiger partial charge in [-0.2, -0.15) is 0 Å². The van der Waals surface area contributed by atoms with Crippen molar-refractivity contribution in [1.82, 2.24) is 29.9 Å². The lowest BCUT2D eigenvalue weighted by atomic mass is 10.1. The molecule has 25 heavy (non-hydrogen) atoms. The molecular formula is C17H18N8. The van der Waals surface area contributed by atoms with E-state index in [2.05, 4.69) is 40.1 Å². The molecule has 4 heterocycles. The second kappa shape index (κ2) is 6.76. The van der Waals surface area contributed by atoms with Crippen molar-refractivity contribution in [3.8, 4) is 0 Å². The SMILES string of the molecule is Cc1nc(Nc2cnccn2)cc([C@H]2CCCN2c2ncccn2)n1. The number of nitrogens with one attached hydrogen (secondary N) is 1. The summed E-state index contributed by atoms with van der Waals surface area (Å²) in [4.78, 5) is 28.4. The van der Waals surface area contributed by atoms with Crippen molar-refractivity contribution in [3.05, 3.63) is 54.6 Å². The van der Waals surface area contributed by atoms with Crippen molar-refractivity contribution in [2.45, 2.75) is 25.8 Å². The van der Waals surface area contributed by atoms with Gasteiger partial charge in [0, 0.05) is 37.4 Å². The summed E-state index contributed by atoms with van der Waals surface area (Å²) in [6, 6.07) is 3.94. The molecule has 0 radical (unpaired) electrons. The molecule has 1 saturated heterocycles. The first kappa shape index (κ1) is 15.4. The van der Waals surface area contributed by atoms with Crippen LogP contribution < -0.4 is 10.2 Å². The molecule has 0 spiro atoms. The molecule has 8 heteroatoms. The molecule has 8 nitrogen and oxygen atoms in total. The van der Waals surface area contributed by atoms with E-state index in [4.69, 9.17) is 0 Å². The van der Waals surface area contributed by atoms with Gasteiger partial charge in [0.15, 0.2) is 0 Å². The van der Waals surface area contributed by atoms with Crippen molar-refractivity contribution in [2.24, 2.45) is 0 Å². The van der Waals surface area contributed by atoms with Crippen molar-refractivity contribution in [3.63, 3.8) is 0 Å². The zero-order valence-corrected chi connectivity index (χ0v) is 13.9. The molecule has 1 N–H and O–H groups in total. The van der Waals surface area contributed by atoms with Crippen LogP contribution in [-0.4, -0.2) is 36.4 Å². The molecular weight excluding hydrogens is 316 g/mol. The van der Waals surface area contributed by atoms with Crippen LogP contribution in [0.4, 0.5) is 17.6 Å². The highest BCUT2D eigenvalue weighted by atomic mass is 15.3. The Morgan fingerprint density at radius 3 is 2.72 bits per heavy atom. The van der Waals surface area contributed by atoms with Crippen LogP contribution >= 0.6 is 0 Å². The third kappa shape index (κ3) is 3.37. The molecule has 1 atom stereocenters. The number of aromatic nitrogens is 6. The van der Waals surface area contributed by atoms with Gasteiger partial charge in [-0.1, -0.05) is 0 Å². The highest BCUT2D eigenvalue weighted by Gasteiger charge is 2.29. The normalized spacial score (nSPS) is 16.8. The Morgan fingerprint density at radius 2 is 1.92 bits per heavy atom. The Hall–Kier alpha value is -3.16. The summed E-state index contributed by atoms with van der Waals surface area (Å²) in [5.74, 6) is 2.82. The summed E-state index contributed by atoms with van der Waals surface area (Å²) < 4.78 is 0. The molecule has 1 aliphatic heterocycles. The second-order valence-corrected chi connectivity index (χ2v) is 5.84. The number of nitrogens with zero attached hydrogens (tertiary/aromatic N) is 7. The summed E-state index contributed by atoms with van der Waals surface area (Å²) in [7, 11) is 0. The maximum absolute atomic E-state index is 4.65. The van der Waals surface area contributed by atoms with Gasteiger partial charge in [0.2, 0.25) is 5.95 Å². The van der Waals surface area contributed by atoms with E-state index in [0.717, 1.165) is 31.0 Å². The van der Waals surface area contributed by atoms with Crippen LogP contribution in [0.1, 0.15) is 30.4 Å². The Bertz CT molecular complexity index is 840. The van der Waals surface area contributed by atoms with Gasteiger partial charge in [-0.15, -0.1) is 0 Å². The first-order valence-corrected chi connectivity index (χ1v) is 8.22. The van der Waals surface area contributed by atoms with E-state index >= 15 is 0 Å². The summed E-state index contributed by atoms with van der Waals surface area (Å²) in [6.45, 7) is 2.81. The number of anilines is 3. The molecule has 0 amide bonds. The summed E-state index contributed by atoms with van der Waals surface area (Å²) in [5.41, 5.74) is 0.962. The first-order chi connectivity index (χ1) is 12.3. The predicted molar refractivity (Wildman–Crippen MR) is 93.4 cm³/mol. The second-order valence-electron chi connectivity index (χ2n) is 5.84. The quantitative estimate of drug-likeness (QED) is 0.778.